The molecule has 1 heterocycles. The Morgan fingerprint density at radius 3 is 2.62 bits per heavy atom. The van der Waals surface area contributed by atoms with Crippen LogP contribution in [0.5, 0.6) is 0 Å². The van der Waals surface area contributed by atoms with E-state index in [1.807, 2.05) is 18.2 Å². The van der Waals surface area contributed by atoms with Gasteiger partial charge in [0, 0.05) is 10.8 Å². The van der Waals surface area contributed by atoms with Crippen molar-refractivity contribution in [3.05, 3.63) is 52.9 Å². The summed E-state index contributed by atoms with van der Waals surface area (Å²) in [5.41, 5.74) is 5.99. The molecule has 1 aromatic heterocycles. The topological polar surface area (TPSA) is 85.3 Å². The zero-order valence-corrected chi connectivity index (χ0v) is 11.4. The number of fused-ring (bicyclic) bond motifs is 3. The van der Waals surface area contributed by atoms with Crippen LogP contribution in [0.3, 0.4) is 0 Å². The largest absolute Gasteiger partial charge is 0.422 e. The summed E-state index contributed by atoms with van der Waals surface area (Å²) in [5.74, 6) is -0.352. The van der Waals surface area contributed by atoms with E-state index in [0.29, 0.717) is 16.7 Å². The second-order valence-corrected chi connectivity index (χ2v) is 4.89. The minimum Gasteiger partial charge on any atom is -0.422 e. The minimum absolute atomic E-state index is 0.352. The molecule has 3 aromatic rings. The molecule has 0 radical (unpaired) electrons. The fourth-order valence-corrected chi connectivity index (χ4v) is 2.28. The Balaban J connectivity index is 2.31. The molecule has 0 spiro atoms. The van der Waals surface area contributed by atoms with Gasteiger partial charge in [0.05, 0.1) is 17.1 Å². The van der Waals surface area contributed by atoms with Crippen molar-refractivity contribution in [1.29, 1.82) is 0 Å². The van der Waals surface area contributed by atoms with Gasteiger partial charge < -0.3 is 15.5 Å². The summed E-state index contributed by atoms with van der Waals surface area (Å²) in [5, 5.41) is 4.58. The summed E-state index contributed by atoms with van der Waals surface area (Å²) in [6.45, 7) is 1.58. The van der Waals surface area contributed by atoms with E-state index in [9.17, 15) is 9.59 Å². The van der Waals surface area contributed by atoms with Crippen LogP contribution < -0.4 is 16.7 Å². The van der Waals surface area contributed by atoms with Crippen molar-refractivity contribution in [3.8, 4) is 0 Å². The van der Waals surface area contributed by atoms with E-state index in [1.54, 1.807) is 31.2 Å². The molecule has 1 amide bonds. The first-order chi connectivity index (χ1) is 10.1. The second kappa shape index (κ2) is 5.03. The summed E-state index contributed by atoms with van der Waals surface area (Å²) in [7, 11) is 0. The molecule has 106 valence electrons. The number of rotatable bonds is 2. The van der Waals surface area contributed by atoms with Crippen LogP contribution in [0, 0.1) is 0 Å². The average molecular weight is 282 g/mol. The van der Waals surface area contributed by atoms with Crippen LogP contribution in [-0.2, 0) is 4.79 Å². The van der Waals surface area contributed by atoms with E-state index in [2.05, 4.69) is 5.32 Å². The lowest BCUT2D eigenvalue weighted by atomic mass is 10.1. The molecule has 21 heavy (non-hydrogen) atoms. The highest BCUT2D eigenvalue weighted by Crippen LogP contribution is 2.27. The number of hydrogen-bond acceptors (Lipinski definition) is 4. The number of anilines is 1. The van der Waals surface area contributed by atoms with E-state index in [4.69, 9.17) is 10.2 Å². The van der Waals surface area contributed by atoms with Gasteiger partial charge in [-0.1, -0.05) is 30.3 Å². The molecule has 3 N–H and O–H groups in total. The van der Waals surface area contributed by atoms with Crippen LogP contribution in [0.1, 0.15) is 6.92 Å². The fourth-order valence-electron chi connectivity index (χ4n) is 2.28. The molecule has 5 heteroatoms. The van der Waals surface area contributed by atoms with Crippen molar-refractivity contribution in [2.24, 2.45) is 5.73 Å². The van der Waals surface area contributed by atoms with Gasteiger partial charge in [-0.15, -0.1) is 0 Å². The SMILES string of the molecule is C[C@H](N)C(=O)Nc1cccc2c1c(=O)oc1ccccc12. The summed E-state index contributed by atoms with van der Waals surface area (Å²) in [6.07, 6.45) is 0. The number of carbonyl (C=O) groups excluding carboxylic acids is 1. The van der Waals surface area contributed by atoms with Crippen LogP contribution in [-0.4, -0.2) is 11.9 Å². The minimum atomic E-state index is -0.659. The summed E-state index contributed by atoms with van der Waals surface area (Å²) >= 11 is 0. The third-order valence-electron chi connectivity index (χ3n) is 3.32. The van der Waals surface area contributed by atoms with Crippen molar-refractivity contribution >= 4 is 33.3 Å². The molecule has 0 aliphatic heterocycles. The lowest BCUT2D eigenvalue weighted by Gasteiger charge is -2.10. The number of nitrogens with two attached hydrogens (primary N) is 1. The second-order valence-electron chi connectivity index (χ2n) is 4.89. The van der Waals surface area contributed by atoms with E-state index >= 15 is 0 Å². The molecule has 0 saturated heterocycles. The number of benzene rings is 2. The Morgan fingerprint density at radius 1 is 1.14 bits per heavy atom. The van der Waals surface area contributed by atoms with E-state index in [1.165, 1.54) is 0 Å². The van der Waals surface area contributed by atoms with Crippen LogP contribution in [0.2, 0.25) is 0 Å². The Morgan fingerprint density at radius 2 is 1.86 bits per heavy atom. The molecule has 3 rings (SSSR count). The first-order valence-corrected chi connectivity index (χ1v) is 6.59. The lowest BCUT2D eigenvalue weighted by molar-refractivity contribution is -0.117. The Hall–Kier alpha value is -2.66. The average Bonchev–Trinajstić information content (AvgIpc) is 2.47. The van der Waals surface area contributed by atoms with Gasteiger partial charge >= 0.3 is 5.63 Å². The Bertz CT molecular complexity index is 897. The molecule has 0 saturated carbocycles. The third kappa shape index (κ3) is 2.28. The molecule has 1 atom stereocenters. The first-order valence-electron chi connectivity index (χ1n) is 6.59. The van der Waals surface area contributed by atoms with Gasteiger partial charge in [0.1, 0.15) is 5.58 Å². The molecule has 0 aliphatic carbocycles. The van der Waals surface area contributed by atoms with Crippen molar-refractivity contribution < 1.29 is 9.21 Å². The molecular formula is C16H14N2O3. The lowest BCUT2D eigenvalue weighted by Crippen LogP contribution is -2.32. The molecule has 0 bridgehead atoms. The van der Waals surface area contributed by atoms with Gasteiger partial charge in [-0.3, -0.25) is 4.79 Å². The van der Waals surface area contributed by atoms with Gasteiger partial charge in [0.25, 0.3) is 0 Å². The van der Waals surface area contributed by atoms with Crippen LogP contribution in [0.4, 0.5) is 5.69 Å². The van der Waals surface area contributed by atoms with Crippen LogP contribution >= 0.6 is 0 Å². The predicted octanol–water partition coefficient (Wildman–Crippen LogP) is 2.23. The quantitative estimate of drug-likeness (QED) is 0.557. The van der Waals surface area contributed by atoms with E-state index in [-0.39, 0.29) is 5.91 Å². The van der Waals surface area contributed by atoms with Crippen LogP contribution in [0.25, 0.3) is 21.7 Å². The zero-order chi connectivity index (χ0) is 15.0. The number of amides is 1. The molecule has 0 fully saturated rings. The van der Waals surface area contributed by atoms with Gasteiger partial charge in [-0.05, 0) is 19.1 Å². The number of nitrogens with one attached hydrogen (secondary N) is 1. The third-order valence-corrected chi connectivity index (χ3v) is 3.32. The molecule has 2 aromatic carbocycles. The van der Waals surface area contributed by atoms with Crippen molar-refractivity contribution in [2.75, 3.05) is 5.32 Å². The summed E-state index contributed by atoms with van der Waals surface area (Å²) < 4.78 is 5.32. The normalized spacial score (nSPS) is 12.5. The Labute approximate surface area is 120 Å². The summed E-state index contributed by atoms with van der Waals surface area (Å²) in [6, 6.07) is 11.9. The van der Waals surface area contributed by atoms with Crippen molar-refractivity contribution in [3.63, 3.8) is 0 Å². The maximum atomic E-state index is 12.2. The molecule has 0 aliphatic rings. The summed E-state index contributed by atoms with van der Waals surface area (Å²) in [4.78, 5) is 24.0. The van der Waals surface area contributed by atoms with Crippen molar-refractivity contribution in [1.82, 2.24) is 0 Å². The first kappa shape index (κ1) is 13.3. The highest BCUT2D eigenvalue weighted by atomic mass is 16.4. The van der Waals surface area contributed by atoms with E-state index < -0.39 is 11.7 Å². The van der Waals surface area contributed by atoms with Crippen molar-refractivity contribution in [2.45, 2.75) is 13.0 Å². The fraction of sp³-hybridized carbons (Fsp3) is 0.125. The Kier molecular flexibility index (Phi) is 3.19. The number of carbonyl (C=O) groups is 1. The highest BCUT2D eigenvalue weighted by molar-refractivity contribution is 6.11. The molecule has 5 nitrogen and oxygen atoms in total. The van der Waals surface area contributed by atoms with Gasteiger partial charge in [0.15, 0.2) is 0 Å². The maximum absolute atomic E-state index is 12.2. The zero-order valence-electron chi connectivity index (χ0n) is 11.4. The smallest absolute Gasteiger partial charge is 0.346 e. The maximum Gasteiger partial charge on any atom is 0.346 e. The van der Waals surface area contributed by atoms with Crippen LogP contribution in [0.15, 0.2) is 51.7 Å². The standard InChI is InChI=1S/C16H14N2O3/c1-9(17)15(19)18-12-7-4-6-11-10-5-2-3-8-13(10)21-16(20)14(11)12/h2-9H,17H2,1H3,(H,18,19)/t9-/m0/s1. The van der Waals surface area contributed by atoms with Gasteiger partial charge in [-0.2, -0.15) is 0 Å². The molecular weight excluding hydrogens is 268 g/mol. The van der Waals surface area contributed by atoms with Gasteiger partial charge in [0.2, 0.25) is 5.91 Å². The number of para-hydroxylation sites is 1. The molecule has 0 unspecified atom stereocenters. The van der Waals surface area contributed by atoms with Gasteiger partial charge in [-0.25, -0.2) is 4.79 Å². The highest BCUT2D eigenvalue weighted by Gasteiger charge is 2.14. The predicted molar refractivity (Wildman–Crippen MR) is 82.3 cm³/mol. The monoisotopic (exact) mass is 282 g/mol. The van der Waals surface area contributed by atoms with E-state index in [0.717, 1.165) is 10.8 Å². The number of hydrogen-bond donors (Lipinski definition) is 2.